The summed E-state index contributed by atoms with van der Waals surface area (Å²) in [4.78, 5) is 27.3. The fourth-order valence-electron chi connectivity index (χ4n) is 3.85. The van der Waals surface area contributed by atoms with Crippen molar-refractivity contribution in [2.45, 2.75) is 65.1 Å². The van der Waals surface area contributed by atoms with Gasteiger partial charge in [0.05, 0.1) is 7.11 Å². The Morgan fingerprint density at radius 3 is 2.52 bits per heavy atom. The van der Waals surface area contributed by atoms with E-state index < -0.39 is 12.1 Å². The Labute approximate surface area is 159 Å². The van der Waals surface area contributed by atoms with E-state index >= 15 is 0 Å². The maximum absolute atomic E-state index is 12.8. The lowest BCUT2D eigenvalue weighted by atomic mass is 9.97. The summed E-state index contributed by atoms with van der Waals surface area (Å²) >= 11 is 0. The average molecular weight is 373 g/mol. The molecule has 1 aliphatic rings. The lowest BCUT2D eigenvalue weighted by Crippen LogP contribution is -2.51. The van der Waals surface area contributed by atoms with Crippen molar-refractivity contribution in [3.63, 3.8) is 0 Å². The number of carbonyl (C=O) groups is 2. The van der Waals surface area contributed by atoms with Crippen molar-refractivity contribution in [1.82, 2.24) is 4.90 Å². The van der Waals surface area contributed by atoms with Gasteiger partial charge in [-0.3, -0.25) is 4.79 Å². The highest BCUT2D eigenvalue weighted by Crippen LogP contribution is 2.30. The van der Waals surface area contributed by atoms with Crippen LogP contribution in [-0.2, 0) is 9.53 Å². The lowest BCUT2D eigenvalue weighted by molar-refractivity contribution is -0.146. The Balaban J connectivity index is 1.77. The van der Waals surface area contributed by atoms with Crippen LogP contribution in [0, 0.1) is 6.92 Å². The number of piperidine rings is 1. The predicted molar refractivity (Wildman–Crippen MR) is 102 cm³/mol. The van der Waals surface area contributed by atoms with E-state index in [4.69, 9.17) is 13.9 Å². The standard InChI is InChI=1S/C21H27NO5/c1-12-7-6-8-13(2)22(12)20(23)15(4)26-21(24)19-14(3)17-11-16(25-5)9-10-18(17)27-19/h9-13,15H,6-8H2,1-5H3/t12-,13-,15+/m0/s1. The molecule has 27 heavy (non-hydrogen) atoms. The summed E-state index contributed by atoms with van der Waals surface area (Å²) in [7, 11) is 1.58. The molecule has 0 unspecified atom stereocenters. The van der Waals surface area contributed by atoms with Gasteiger partial charge < -0.3 is 18.8 Å². The number of hydrogen-bond donors (Lipinski definition) is 0. The number of ether oxygens (including phenoxy) is 2. The molecule has 146 valence electrons. The third-order valence-corrected chi connectivity index (χ3v) is 5.41. The molecule has 3 atom stereocenters. The Kier molecular flexibility index (Phi) is 5.44. The predicted octanol–water partition coefficient (Wildman–Crippen LogP) is 4.08. The van der Waals surface area contributed by atoms with E-state index in [9.17, 15) is 9.59 Å². The number of hydrogen-bond acceptors (Lipinski definition) is 5. The molecule has 0 N–H and O–H groups in total. The van der Waals surface area contributed by atoms with Crippen LogP contribution in [-0.4, -0.2) is 42.1 Å². The second-order valence-electron chi connectivity index (χ2n) is 7.34. The first kappa shape index (κ1) is 19.3. The molecule has 1 amide bonds. The summed E-state index contributed by atoms with van der Waals surface area (Å²) in [6, 6.07) is 5.65. The number of benzene rings is 1. The number of carbonyl (C=O) groups excluding carboxylic acids is 2. The first-order valence-corrected chi connectivity index (χ1v) is 9.43. The molecule has 1 aliphatic heterocycles. The summed E-state index contributed by atoms with van der Waals surface area (Å²) < 4.78 is 16.4. The van der Waals surface area contributed by atoms with Gasteiger partial charge in [0, 0.05) is 23.0 Å². The van der Waals surface area contributed by atoms with Gasteiger partial charge in [-0.25, -0.2) is 4.79 Å². The molecule has 1 aromatic heterocycles. The Morgan fingerprint density at radius 2 is 1.89 bits per heavy atom. The van der Waals surface area contributed by atoms with Gasteiger partial charge in [0.2, 0.25) is 5.76 Å². The fraction of sp³-hybridized carbons (Fsp3) is 0.524. The van der Waals surface area contributed by atoms with Gasteiger partial charge in [0.1, 0.15) is 11.3 Å². The van der Waals surface area contributed by atoms with Crippen LogP contribution in [0.4, 0.5) is 0 Å². The zero-order valence-electron chi connectivity index (χ0n) is 16.6. The van der Waals surface area contributed by atoms with Crippen molar-refractivity contribution in [2.75, 3.05) is 7.11 Å². The second kappa shape index (κ2) is 7.62. The van der Waals surface area contributed by atoms with Crippen LogP contribution < -0.4 is 4.74 Å². The highest BCUT2D eigenvalue weighted by Gasteiger charge is 2.34. The van der Waals surface area contributed by atoms with Crippen LogP contribution >= 0.6 is 0 Å². The minimum absolute atomic E-state index is 0.123. The number of furan rings is 1. The molecule has 0 aliphatic carbocycles. The van der Waals surface area contributed by atoms with E-state index in [0.717, 1.165) is 24.6 Å². The third-order valence-electron chi connectivity index (χ3n) is 5.41. The topological polar surface area (TPSA) is 69.0 Å². The van der Waals surface area contributed by atoms with Crippen molar-refractivity contribution >= 4 is 22.8 Å². The van der Waals surface area contributed by atoms with E-state index in [1.807, 2.05) is 24.8 Å². The van der Waals surface area contributed by atoms with Crippen molar-refractivity contribution < 1.29 is 23.5 Å². The molecule has 0 spiro atoms. The van der Waals surface area contributed by atoms with Crippen LogP contribution in [0.5, 0.6) is 5.75 Å². The molecule has 1 fully saturated rings. The molecule has 6 nitrogen and oxygen atoms in total. The molecular formula is C21H27NO5. The molecular weight excluding hydrogens is 346 g/mol. The van der Waals surface area contributed by atoms with E-state index in [0.29, 0.717) is 16.9 Å². The molecule has 2 heterocycles. The average Bonchev–Trinajstić information content (AvgIpc) is 2.97. The van der Waals surface area contributed by atoms with Crippen LogP contribution in [0.1, 0.15) is 56.2 Å². The summed E-state index contributed by atoms with van der Waals surface area (Å²) in [5.74, 6) is 0.0277. The monoisotopic (exact) mass is 373 g/mol. The molecule has 0 saturated carbocycles. The van der Waals surface area contributed by atoms with Gasteiger partial charge >= 0.3 is 5.97 Å². The Morgan fingerprint density at radius 1 is 1.22 bits per heavy atom. The molecule has 3 rings (SSSR count). The molecule has 1 saturated heterocycles. The van der Waals surface area contributed by atoms with Crippen LogP contribution in [0.2, 0.25) is 0 Å². The van der Waals surface area contributed by atoms with E-state index in [-0.39, 0.29) is 23.8 Å². The summed E-state index contributed by atoms with van der Waals surface area (Å²) in [5, 5.41) is 0.790. The Hall–Kier alpha value is -2.50. The molecule has 0 bridgehead atoms. The van der Waals surface area contributed by atoms with Gasteiger partial charge in [0.15, 0.2) is 6.10 Å². The highest BCUT2D eigenvalue weighted by atomic mass is 16.6. The number of esters is 1. The van der Waals surface area contributed by atoms with Crippen molar-refractivity contribution in [3.8, 4) is 5.75 Å². The van der Waals surface area contributed by atoms with Crippen LogP contribution in [0.25, 0.3) is 11.0 Å². The maximum Gasteiger partial charge on any atom is 0.375 e. The van der Waals surface area contributed by atoms with Crippen LogP contribution in [0.3, 0.4) is 0 Å². The molecule has 0 radical (unpaired) electrons. The normalized spacial score (nSPS) is 21.1. The fourth-order valence-corrected chi connectivity index (χ4v) is 3.85. The summed E-state index contributed by atoms with van der Waals surface area (Å²) in [5.41, 5.74) is 1.26. The van der Waals surface area contributed by atoms with E-state index in [2.05, 4.69) is 0 Å². The first-order valence-electron chi connectivity index (χ1n) is 9.43. The maximum atomic E-state index is 12.8. The second-order valence-corrected chi connectivity index (χ2v) is 7.34. The van der Waals surface area contributed by atoms with Crippen molar-refractivity contribution in [2.24, 2.45) is 0 Å². The molecule has 2 aromatic rings. The minimum Gasteiger partial charge on any atom is -0.497 e. The van der Waals surface area contributed by atoms with Crippen LogP contribution in [0.15, 0.2) is 22.6 Å². The quantitative estimate of drug-likeness (QED) is 0.755. The van der Waals surface area contributed by atoms with Gasteiger partial charge in [0.25, 0.3) is 5.91 Å². The zero-order chi connectivity index (χ0) is 19.7. The smallest absolute Gasteiger partial charge is 0.375 e. The number of aryl methyl sites for hydroxylation is 1. The third kappa shape index (κ3) is 3.66. The number of methoxy groups -OCH3 is 1. The van der Waals surface area contributed by atoms with E-state index in [1.165, 1.54) is 0 Å². The number of nitrogens with zero attached hydrogens (tertiary/aromatic N) is 1. The zero-order valence-corrected chi connectivity index (χ0v) is 16.6. The first-order chi connectivity index (χ1) is 12.8. The SMILES string of the molecule is COc1ccc2oc(C(=O)O[C@H](C)C(=O)N3[C@@H](C)CCC[C@@H]3C)c(C)c2c1. The lowest BCUT2D eigenvalue weighted by Gasteiger charge is -2.40. The summed E-state index contributed by atoms with van der Waals surface area (Å²) in [6.07, 6.45) is 2.20. The van der Waals surface area contributed by atoms with Gasteiger partial charge in [-0.2, -0.15) is 0 Å². The van der Waals surface area contributed by atoms with Gasteiger partial charge in [-0.05, 0) is 65.2 Å². The number of amides is 1. The Bertz CT molecular complexity index is 846. The largest absolute Gasteiger partial charge is 0.497 e. The van der Waals surface area contributed by atoms with Crippen molar-refractivity contribution in [1.29, 1.82) is 0 Å². The number of rotatable bonds is 4. The minimum atomic E-state index is -0.859. The number of likely N-dealkylation sites (tertiary alicyclic amines) is 1. The van der Waals surface area contributed by atoms with Gasteiger partial charge in [-0.1, -0.05) is 0 Å². The highest BCUT2D eigenvalue weighted by molar-refractivity contribution is 5.97. The molecule has 1 aromatic carbocycles. The van der Waals surface area contributed by atoms with Crippen molar-refractivity contribution in [3.05, 3.63) is 29.5 Å². The molecule has 6 heteroatoms. The van der Waals surface area contributed by atoms with E-state index in [1.54, 1.807) is 33.1 Å². The van der Waals surface area contributed by atoms with Gasteiger partial charge in [-0.15, -0.1) is 0 Å². The summed E-state index contributed by atoms with van der Waals surface area (Å²) in [6.45, 7) is 7.50. The number of fused-ring (bicyclic) bond motifs is 1.